The molecule has 0 spiro atoms. The van der Waals surface area contributed by atoms with Gasteiger partial charge in [-0.1, -0.05) is 0 Å². The van der Waals surface area contributed by atoms with Crippen LogP contribution in [-0.4, -0.2) is 84.3 Å². The van der Waals surface area contributed by atoms with E-state index >= 15 is 0 Å². The van der Waals surface area contributed by atoms with Gasteiger partial charge in [0, 0.05) is 36.9 Å². The number of aromatic nitrogens is 4. The molecule has 3 aliphatic rings. The maximum absolute atomic E-state index is 13.4. The Bertz CT molecular complexity index is 1500. The number of aliphatic hydroxyl groups is 3. The van der Waals surface area contributed by atoms with E-state index in [-0.39, 0.29) is 25.0 Å². The molecule has 5 rings (SSSR count). The van der Waals surface area contributed by atoms with Crippen molar-refractivity contribution in [3.63, 3.8) is 0 Å². The van der Waals surface area contributed by atoms with Gasteiger partial charge >= 0.3 is 19.2 Å². The summed E-state index contributed by atoms with van der Waals surface area (Å²) in [4.78, 5) is 51.7. The molecule has 0 saturated carbocycles. The molecule has 0 aromatic carbocycles. The minimum absolute atomic E-state index is 0.0591. The lowest BCUT2D eigenvalue weighted by Gasteiger charge is -2.34. The van der Waals surface area contributed by atoms with Crippen molar-refractivity contribution in [2.75, 3.05) is 13.2 Å². The summed E-state index contributed by atoms with van der Waals surface area (Å²) in [6, 6.07) is 1.04. The van der Waals surface area contributed by atoms with Gasteiger partial charge in [-0.05, 0) is 6.92 Å². The Morgan fingerprint density at radius 1 is 1.10 bits per heavy atom. The summed E-state index contributed by atoms with van der Waals surface area (Å²) in [5, 5.41) is 30.9. The van der Waals surface area contributed by atoms with Crippen LogP contribution in [0.3, 0.4) is 0 Å². The monoisotopic (exact) mass is 574 g/mol. The van der Waals surface area contributed by atoms with E-state index in [2.05, 4.69) is 4.98 Å². The molecule has 2 aromatic heterocycles. The standard InChI is InChI=1S/C21H27N4O13P/c1-9-7-25(21(32)23-18(9)30)14-6-11(12(8-26)35-14)38-39(33)34-5-3-10(37-39)17-15(28)16(29)19(36-17)24-4-2-13(27)22-20(24)31/h2,4,7,10-12,14-17,19,26,28-29H,3,5-6,8H2,1H3,(H,22,27,31)(H,23,30,32)/t10-,11-,12+,14+,15-,16+,17+,19+,39+/m0/s1. The Morgan fingerprint density at radius 2 is 1.85 bits per heavy atom. The molecule has 0 radical (unpaired) electrons. The number of ether oxygens (including phenoxy) is 2. The molecule has 3 aliphatic heterocycles. The van der Waals surface area contributed by atoms with Crippen LogP contribution in [0, 0.1) is 6.92 Å². The molecule has 5 heterocycles. The van der Waals surface area contributed by atoms with Gasteiger partial charge in [0.25, 0.3) is 11.1 Å². The van der Waals surface area contributed by atoms with Crippen molar-refractivity contribution in [1.29, 1.82) is 0 Å². The first kappa shape index (κ1) is 27.8. The van der Waals surface area contributed by atoms with Crippen LogP contribution in [0.1, 0.15) is 30.9 Å². The summed E-state index contributed by atoms with van der Waals surface area (Å²) in [6.45, 7) is 0.791. The fourth-order valence-electron chi connectivity index (χ4n) is 4.77. The largest absolute Gasteiger partial charge is 0.475 e. The number of aromatic amines is 2. The van der Waals surface area contributed by atoms with Gasteiger partial charge in [0.05, 0.1) is 13.2 Å². The number of H-pyrrole nitrogens is 2. The first-order valence-electron chi connectivity index (χ1n) is 12.0. The Balaban J connectivity index is 1.30. The van der Waals surface area contributed by atoms with Crippen LogP contribution < -0.4 is 22.5 Å². The number of aryl methyl sites for hydroxylation is 1. The summed E-state index contributed by atoms with van der Waals surface area (Å²) >= 11 is 0. The summed E-state index contributed by atoms with van der Waals surface area (Å²) in [6.07, 6.45) is -7.53. The number of phosphoric acid groups is 1. The van der Waals surface area contributed by atoms with Crippen molar-refractivity contribution in [2.24, 2.45) is 0 Å². The van der Waals surface area contributed by atoms with Gasteiger partial charge < -0.3 is 24.8 Å². The van der Waals surface area contributed by atoms with E-state index in [0.29, 0.717) is 0 Å². The summed E-state index contributed by atoms with van der Waals surface area (Å²) in [5.74, 6) is 0. The Kier molecular flexibility index (Phi) is 7.62. The van der Waals surface area contributed by atoms with Crippen molar-refractivity contribution >= 4 is 7.82 Å². The summed E-state index contributed by atoms with van der Waals surface area (Å²) < 4.78 is 43.3. The fraction of sp³-hybridized carbons (Fsp3) is 0.619. The predicted octanol–water partition coefficient (Wildman–Crippen LogP) is -2.41. The zero-order chi connectivity index (χ0) is 28.1. The third-order valence-electron chi connectivity index (χ3n) is 6.76. The van der Waals surface area contributed by atoms with Gasteiger partial charge in [0.1, 0.15) is 42.9 Å². The van der Waals surface area contributed by atoms with Crippen LogP contribution in [0.4, 0.5) is 0 Å². The van der Waals surface area contributed by atoms with Crippen molar-refractivity contribution in [1.82, 2.24) is 19.1 Å². The zero-order valence-electron chi connectivity index (χ0n) is 20.4. The molecule has 5 N–H and O–H groups in total. The topological polar surface area (TPSA) is 234 Å². The average Bonchev–Trinajstić information content (AvgIpc) is 3.41. The van der Waals surface area contributed by atoms with Crippen molar-refractivity contribution < 1.29 is 42.9 Å². The molecule has 3 fully saturated rings. The van der Waals surface area contributed by atoms with Gasteiger partial charge in [0.2, 0.25) is 0 Å². The third-order valence-corrected chi connectivity index (χ3v) is 8.32. The van der Waals surface area contributed by atoms with Crippen LogP contribution in [0.2, 0.25) is 0 Å². The van der Waals surface area contributed by atoms with Crippen molar-refractivity contribution in [3.8, 4) is 0 Å². The molecule has 17 nitrogen and oxygen atoms in total. The van der Waals surface area contributed by atoms with Gasteiger partial charge in [-0.2, -0.15) is 0 Å². The van der Waals surface area contributed by atoms with Gasteiger partial charge in [0.15, 0.2) is 6.23 Å². The van der Waals surface area contributed by atoms with Crippen LogP contribution in [-0.2, 0) is 27.6 Å². The molecular weight excluding hydrogens is 547 g/mol. The first-order valence-corrected chi connectivity index (χ1v) is 13.5. The number of phosphoric ester groups is 1. The molecule has 0 aliphatic carbocycles. The van der Waals surface area contributed by atoms with Gasteiger partial charge in [-0.25, -0.2) is 14.2 Å². The van der Waals surface area contributed by atoms with Crippen LogP contribution in [0.25, 0.3) is 0 Å². The fourth-order valence-corrected chi connectivity index (χ4v) is 6.38. The molecule has 214 valence electrons. The maximum atomic E-state index is 13.4. The second-order valence-corrected chi connectivity index (χ2v) is 10.9. The van der Waals surface area contributed by atoms with Crippen molar-refractivity contribution in [3.05, 3.63) is 65.7 Å². The van der Waals surface area contributed by atoms with E-state index in [4.69, 9.17) is 23.0 Å². The van der Waals surface area contributed by atoms with Gasteiger partial charge in [-0.15, -0.1) is 0 Å². The van der Waals surface area contributed by atoms with Crippen LogP contribution in [0.5, 0.6) is 0 Å². The summed E-state index contributed by atoms with van der Waals surface area (Å²) in [7, 11) is -4.35. The number of hydrogen-bond acceptors (Lipinski definition) is 13. The smallest absolute Gasteiger partial charge is 0.394 e. The van der Waals surface area contributed by atoms with E-state index in [1.165, 1.54) is 13.1 Å². The quantitative estimate of drug-likeness (QED) is 0.227. The third kappa shape index (κ3) is 5.37. The minimum Gasteiger partial charge on any atom is -0.394 e. The molecule has 0 bridgehead atoms. The molecule has 39 heavy (non-hydrogen) atoms. The number of nitrogens with one attached hydrogen (secondary N) is 2. The van der Waals surface area contributed by atoms with E-state index in [1.54, 1.807) is 0 Å². The van der Waals surface area contributed by atoms with Crippen LogP contribution in [0.15, 0.2) is 37.6 Å². The van der Waals surface area contributed by atoms with E-state index < -0.39 is 86.0 Å². The second-order valence-electron chi connectivity index (χ2n) is 9.37. The highest BCUT2D eigenvalue weighted by Gasteiger charge is 2.52. The molecular formula is C21H27N4O13P. The van der Waals surface area contributed by atoms with E-state index in [0.717, 1.165) is 21.4 Å². The lowest BCUT2D eigenvalue weighted by atomic mass is 10.0. The lowest BCUT2D eigenvalue weighted by Crippen LogP contribution is -2.42. The molecule has 0 amide bonds. The number of nitrogens with zero attached hydrogens (tertiary/aromatic N) is 2. The van der Waals surface area contributed by atoms with Crippen molar-refractivity contribution in [2.45, 2.75) is 68.8 Å². The molecule has 2 aromatic rings. The molecule has 18 heteroatoms. The SMILES string of the molecule is Cc1cn([C@H]2C[C@H](O[P@]3(=O)OCC[C@@H]([C@H]4O[C@@H](n5ccc(=O)[nH]c5=O)[C@H](O)[C@@H]4O)O3)[C@@H](CO)O2)c(=O)[nH]c1=O. The van der Waals surface area contributed by atoms with Gasteiger partial charge in [-0.3, -0.25) is 42.3 Å². The zero-order valence-corrected chi connectivity index (χ0v) is 21.3. The lowest BCUT2D eigenvalue weighted by molar-refractivity contribution is -0.107. The maximum Gasteiger partial charge on any atom is 0.475 e. The van der Waals surface area contributed by atoms with Crippen LogP contribution >= 0.6 is 7.82 Å². The minimum atomic E-state index is -4.35. The highest BCUT2D eigenvalue weighted by atomic mass is 31.2. The highest BCUT2D eigenvalue weighted by molar-refractivity contribution is 7.48. The Hall–Kier alpha value is -2.73. The average molecular weight is 574 g/mol. The van der Waals surface area contributed by atoms with E-state index in [1.807, 2.05) is 4.98 Å². The Morgan fingerprint density at radius 3 is 2.56 bits per heavy atom. The predicted molar refractivity (Wildman–Crippen MR) is 127 cm³/mol. The number of rotatable bonds is 6. The Labute approximate surface area is 218 Å². The molecule has 9 atom stereocenters. The highest BCUT2D eigenvalue weighted by Crippen LogP contribution is 2.57. The molecule has 3 saturated heterocycles. The van der Waals surface area contributed by atoms with E-state index in [9.17, 15) is 39.1 Å². The number of hydrogen-bond donors (Lipinski definition) is 5. The normalized spacial score (nSPS) is 36.8. The first-order chi connectivity index (χ1) is 18.5. The second kappa shape index (κ2) is 10.7. The summed E-state index contributed by atoms with van der Waals surface area (Å²) in [5.41, 5.74) is -2.59. The number of aliphatic hydroxyl groups excluding tert-OH is 3. The molecule has 0 unspecified atom stereocenters.